The van der Waals surface area contributed by atoms with Gasteiger partial charge in [0.15, 0.2) is 11.5 Å². The number of carboxylic acids is 1. The Labute approximate surface area is 123 Å². The summed E-state index contributed by atoms with van der Waals surface area (Å²) in [5.41, 5.74) is 0.711. The Balaban J connectivity index is 2.90. The Kier molecular flexibility index (Phi) is 7.65. The minimum Gasteiger partial charge on any atom is -0.490 e. The van der Waals surface area contributed by atoms with Crippen molar-refractivity contribution >= 4 is 23.8 Å². The number of rotatable bonds is 9. The molecule has 20 heavy (non-hydrogen) atoms. The molecule has 0 spiro atoms. The molecular formula is C15H20O4S. The minimum absolute atomic E-state index is 0.535. The van der Waals surface area contributed by atoms with Crippen molar-refractivity contribution in [2.75, 3.05) is 25.2 Å². The molecule has 0 radical (unpaired) electrons. The summed E-state index contributed by atoms with van der Waals surface area (Å²) in [6.07, 6.45) is 5.60. The highest BCUT2D eigenvalue weighted by atomic mass is 32.2. The topological polar surface area (TPSA) is 55.8 Å². The molecule has 110 valence electrons. The van der Waals surface area contributed by atoms with Crippen molar-refractivity contribution < 1.29 is 19.4 Å². The highest BCUT2D eigenvalue weighted by Crippen LogP contribution is 2.32. The van der Waals surface area contributed by atoms with Gasteiger partial charge in [-0.1, -0.05) is 12.1 Å². The van der Waals surface area contributed by atoms with E-state index in [0.717, 1.165) is 18.2 Å². The van der Waals surface area contributed by atoms with Crippen LogP contribution in [0.4, 0.5) is 0 Å². The third-order valence-electron chi connectivity index (χ3n) is 2.45. The zero-order valence-corrected chi connectivity index (χ0v) is 12.6. The zero-order chi connectivity index (χ0) is 14.8. The molecule has 4 nitrogen and oxygen atoms in total. The average molecular weight is 296 g/mol. The number of ether oxygens (including phenoxy) is 2. The van der Waals surface area contributed by atoms with E-state index >= 15 is 0 Å². The number of hydrogen-bond donors (Lipinski definition) is 1. The maximum atomic E-state index is 10.6. The van der Waals surface area contributed by atoms with Crippen LogP contribution in [0.1, 0.15) is 18.9 Å². The van der Waals surface area contributed by atoms with Gasteiger partial charge in [0.1, 0.15) is 0 Å². The molecule has 0 heterocycles. The fourth-order valence-electron chi connectivity index (χ4n) is 1.63. The van der Waals surface area contributed by atoms with Gasteiger partial charge >= 0.3 is 5.97 Å². The van der Waals surface area contributed by atoms with Crippen molar-refractivity contribution in [3.63, 3.8) is 0 Å². The molecular weight excluding hydrogens is 276 g/mol. The van der Waals surface area contributed by atoms with Crippen molar-refractivity contribution in [3.05, 3.63) is 29.8 Å². The lowest BCUT2D eigenvalue weighted by atomic mass is 10.1. The van der Waals surface area contributed by atoms with Crippen molar-refractivity contribution in [2.24, 2.45) is 0 Å². The van der Waals surface area contributed by atoms with Gasteiger partial charge in [-0.15, -0.1) is 0 Å². The molecule has 0 fully saturated rings. The molecule has 0 amide bonds. The molecule has 0 bridgehead atoms. The van der Waals surface area contributed by atoms with Crippen LogP contribution in [0.2, 0.25) is 0 Å². The summed E-state index contributed by atoms with van der Waals surface area (Å²) in [4.78, 5) is 10.6. The quantitative estimate of drug-likeness (QED) is 0.559. The molecule has 0 saturated carbocycles. The van der Waals surface area contributed by atoms with E-state index in [4.69, 9.17) is 14.6 Å². The fraction of sp³-hybridized carbons (Fsp3) is 0.400. The number of benzene rings is 1. The predicted octanol–water partition coefficient (Wildman–Crippen LogP) is 3.32. The molecule has 0 aliphatic rings. The smallest absolute Gasteiger partial charge is 0.328 e. The normalized spacial score (nSPS) is 10.7. The van der Waals surface area contributed by atoms with Gasteiger partial charge in [0.05, 0.1) is 13.2 Å². The molecule has 0 saturated heterocycles. The Bertz CT molecular complexity index is 457. The highest BCUT2D eigenvalue weighted by molar-refractivity contribution is 7.98. The van der Waals surface area contributed by atoms with E-state index in [0.29, 0.717) is 30.3 Å². The maximum Gasteiger partial charge on any atom is 0.328 e. The van der Waals surface area contributed by atoms with Crippen molar-refractivity contribution in [3.8, 4) is 11.5 Å². The summed E-state index contributed by atoms with van der Waals surface area (Å²) in [6.45, 7) is 3.02. The minimum atomic E-state index is -0.986. The molecule has 1 aromatic carbocycles. The van der Waals surface area contributed by atoms with Gasteiger partial charge in [0.25, 0.3) is 0 Å². The van der Waals surface area contributed by atoms with E-state index in [-0.39, 0.29) is 0 Å². The molecule has 0 unspecified atom stereocenters. The first-order valence-electron chi connectivity index (χ1n) is 6.47. The zero-order valence-electron chi connectivity index (χ0n) is 11.8. The lowest BCUT2D eigenvalue weighted by Gasteiger charge is -2.14. The van der Waals surface area contributed by atoms with Crippen molar-refractivity contribution in [1.29, 1.82) is 0 Å². The van der Waals surface area contributed by atoms with Crippen LogP contribution in [0, 0.1) is 0 Å². The third kappa shape index (κ3) is 5.57. The van der Waals surface area contributed by atoms with Crippen LogP contribution < -0.4 is 9.47 Å². The number of hydrogen-bond acceptors (Lipinski definition) is 4. The first kappa shape index (κ1) is 16.4. The Morgan fingerprint density at radius 3 is 2.85 bits per heavy atom. The van der Waals surface area contributed by atoms with E-state index in [1.165, 1.54) is 6.08 Å². The molecule has 1 rings (SSSR count). The van der Waals surface area contributed by atoms with Gasteiger partial charge in [-0.3, -0.25) is 0 Å². The van der Waals surface area contributed by atoms with Gasteiger partial charge in [-0.25, -0.2) is 4.79 Å². The summed E-state index contributed by atoms with van der Waals surface area (Å²) >= 11 is 1.77. The Morgan fingerprint density at radius 2 is 2.20 bits per heavy atom. The van der Waals surface area contributed by atoms with Crippen LogP contribution in [0.25, 0.3) is 6.08 Å². The molecule has 0 aliphatic heterocycles. The fourth-order valence-corrected chi connectivity index (χ4v) is 2.03. The largest absolute Gasteiger partial charge is 0.490 e. The van der Waals surface area contributed by atoms with Gasteiger partial charge in [-0.05, 0) is 37.5 Å². The number of carboxylic acid groups (broad SMARTS) is 1. The summed E-state index contributed by atoms with van der Waals surface area (Å²) in [5.74, 6) is 1.29. The van der Waals surface area contributed by atoms with Crippen LogP contribution in [0.15, 0.2) is 24.3 Å². The van der Waals surface area contributed by atoms with E-state index in [2.05, 4.69) is 6.26 Å². The average Bonchev–Trinajstić information content (AvgIpc) is 2.43. The lowest BCUT2D eigenvalue weighted by molar-refractivity contribution is -0.131. The van der Waals surface area contributed by atoms with Crippen LogP contribution >= 0.6 is 11.8 Å². The van der Waals surface area contributed by atoms with E-state index in [9.17, 15) is 4.79 Å². The predicted molar refractivity (Wildman–Crippen MR) is 82.8 cm³/mol. The van der Waals surface area contributed by atoms with E-state index < -0.39 is 5.97 Å². The second kappa shape index (κ2) is 9.31. The number of aliphatic carboxylic acids is 1. The molecule has 0 aromatic heterocycles. The van der Waals surface area contributed by atoms with Crippen molar-refractivity contribution in [2.45, 2.75) is 13.3 Å². The Hall–Kier alpha value is -1.62. The molecule has 0 atom stereocenters. The summed E-state index contributed by atoms with van der Waals surface area (Å²) in [5, 5.41) is 8.72. The van der Waals surface area contributed by atoms with Crippen LogP contribution in [0.5, 0.6) is 11.5 Å². The van der Waals surface area contributed by atoms with Gasteiger partial charge in [0.2, 0.25) is 0 Å². The first-order valence-corrected chi connectivity index (χ1v) is 7.87. The highest BCUT2D eigenvalue weighted by Gasteiger charge is 2.09. The van der Waals surface area contributed by atoms with Crippen LogP contribution in [-0.2, 0) is 4.79 Å². The SMILES string of the molecule is CCOc1cccc(/C=C/C(=O)O)c1OCCCSC. The maximum absolute atomic E-state index is 10.6. The van der Waals surface area contributed by atoms with E-state index in [1.54, 1.807) is 11.8 Å². The summed E-state index contributed by atoms with van der Waals surface area (Å²) < 4.78 is 11.3. The number of thioether (sulfide) groups is 1. The molecule has 5 heteroatoms. The van der Waals surface area contributed by atoms with Crippen molar-refractivity contribution in [1.82, 2.24) is 0 Å². The number of para-hydroxylation sites is 1. The van der Waals surface area contributed by atoms with Gasteiger partial charge < -0.3 is 14.6 Å². The second-order valence-electron chi connectivity index (χ2n) is 3.97. The summed E-state index contributed by atoms with van der Waals surface area (Å²) in [6, 6.07) is 5.46. The van der Waals surface area contributed by atoms with Gasteiger partial charge in [-0.2, -0.15) is 11.8 Å². The van der Waals surface area contributed by atoms with Crippen LogP contribution in [-0.4, -0.2) is 36.3 Å². The molecule has 1 N–H and O–H groups in total. The second-order valence-corrected chi connectivity index (χ2v) is 4.96. The summed E-state index contributed by atoms with van der Waals surface area (Å²) in [7, 11) is 0. The van der Waals surface area contributed by atoms with E-state index in [1.807, 2.05) is 25.1 Å². The first-order chi connectivity index (χ1) is 9.69. The monoisotopic (exact) mass is 296 g/mol. The standard InChI is InChI=1S/C15H20O4S/c1-3-18-13-7-4-6-12(8-9-14(16)17)15(13)19-10-5-11-20-2/h4,6-9H,3,5,10-11H2,1-2H3,(H,16,17)/b9-8+. The number of carbonyl (C=O) groups is 1. The Morgan fingerprint density at radius 1 is 1.40 bits per heavy atom. The van der Waals surface area contributed by atoms with Crippen LogP contribution in [0.3, 0.4) is 0 Å². The molecule has 1 aromatic rings. The van der Waals surface area contributed by atoms with Gasteiger partial charge in [0, 0.05) is 11.6 Å². The molecule has 0 aliphatic carbocycles. The lowest BCUT2D eigenvalue weighted by Crippen LogP contribution is -2.03. The third-order valence-corrected chi connectivity index (χ3v) is 3.15.